The number of amides is 2. The minimum absolute atomic E-state index is 0.118. The van der Waals surface area contributed by atoms with Gasteiger partial charge in [-0.1, -0.05) is 28.1 Å². The first kappa shape index (κ1) is 13.0. The number of carbonyl (C=O) groups is 1. The summed E-state index contributed by atoms with van der Waals surface area (Å²) in [4.78, 5) is 14.3. The van der Waals surface area contributed by atoms with E-state index in [1.54, 1.807) is 0 Å². The molecule has 0 radical (unpaired) electrons. The van der Waals surface area contributed by atoms with E-state index in [0.29, 0.717) is 6.04 Å². The van der Waals surface area contributed by atoms with Crippen LogP contribution in [0.25, 0.3) is 0 Å². The summed E-state index contributed by atoms with van der Waals surface area (Å²) in [6.07, 6.45) is 5.66. The second-order valence-corrected chi connectivity index (χ2v) is 6.40. The summed E-state index contributed by atoms with van der Waals surface area (Å²) in [6, 6.07) is 9.10. The second kappa shape index (κ2) is 5.53. The van der Waals surface area contributed by atoms with Gasteiger partial charge in [-0.2, -0.15) is 0 Å². The smallest absolute Gasteiger partial charge is 0.318 e. The summed E-state index contributed by atoms with van der Waals surface area (Å²) < 4.78 is 1.08. The number of likely N-dealkylation sites (tertiary alicyclic amines) is 1. The molecule has 3 nitrogen and oxygen atoms in total. The largest absolute Gasteiger partial charge is 0.335 e. The van der Waals surface area contributed by atoms with Gasteiger partial charge in [-0.3, -0.25) is 0 Å². The van der Waals surface area contributed by atoms with E-state index in [4.69, 9.17) is 0 Å². The molecular weight excluding hydrogens is 304 g/mol. The van der Waals surface area contributed by atoms with Crippen molar-refractivity contribution < 1.29 is 4.79 Å². The molecule has 3 rings (SSSR count). The van der Waals surface area contributed by atoms with Crippen molar-refractivity contribution in [3.63, 3.8) is 0 Å². The lowest BCUT2D eigenvalue weighted by molar-refractivity contribution is 0.151. The van der Waals surface area contributed by atoms with Gasteiger partial charge in [-0.15, -0.1) is 0 Å². The Bertz CT molecular complexity index is 473. The first-order valence-electron chi connectivity index (χ1n) is 7.06. The SMILES string of the molecule is O=C(NC1CC1)N1CCCCC1c1cccc(Br)c1. The molecule has 2 fully saturated rings. The van der Waals surface area contributed by atoms with Gasteiger partial charge >= 0.3 is 6.03 Å². The molecular formula is C15H19BrN2O. The number of piperidine rings is 1. The maximum absolute atomic E-state index is 12.3. The topological polar surface area (TPSA) is 32.3 Å². The van der Waals surface area contributed by atoms with Crippen molar-refractivity contribution in [2.75, 3.05) is 6.54 Å². The van der Waals surface area contributed by atoms with Crippen molar-refractivity contribution in [3.8, 4) is 0 Å². The van der Waals surface area contributed by atoms with Gasteiger partial charge in [0.1, 0.15) is 0 Å². The van der Waals surface area contributed by atoms with Crippen LogP contribution in [0.1, 0.15) is 43.7 Å². The van der Waals surface area contributed by atoms with Gasteiger partial charge in [-0.05, 0) is 49.8 Å². The fourth-order valence-corrected chi connectivity index (χ4v) is 3.14. The lowest BCUT2D eigenvalue weighted by atomic mass is 9.95. The molecule has 1 N–H and O–H groups in total. The molecule has 1 aliphatic carbocycles. The number of carbonyl (C=O) groups excluding carboxylic acids is 1. The van der Waals surface area contributed by atoms with Crippen molar-refractivity contribution in [1.29, 1.82) is 0 Å². The summed E-state index contributed by atoms with van der Waals surface area (Å²) in [7, 11) is 0. The summed E-state index contributed by atoms with van der Waals surface area (Å²) >= 11 is 3.52. The lowest BCUT2D eigenvalue weighted by Crippen LogP contribution is -2.45. The third-order valence-corrected chi connectivity index (χ3v) is 4.40. The van der Waals surface area contributed by atoms with Gasteiger partial charge in [0.25, 0.3) is 0 Å². The molecule has 1 saturated carbocycles. The van der Waals surface area contributed by atoms with Crippen molar-refractivity contribution in [1.82, 2.24) is 10.2 Å². The highest BCUT2D eigenvalue weighted by Crippen LogP contribution is 2.32. The molecule has 1 unspecified atom stereocenters. The zero-order chi connectivity index (χ0) is 13.2. The van der Waals surface area contributed by atoms with Gasteiger partial charge in [0, 0.05) is 17.1 Å². The highest BCUT2D eigenvalue weighted by atomic mass is 79.9. The average molecular weight is 323 g/mol. The van der Waals surface area contributed by atoms with E-state index in [9.17, 15) is 4.79 Å². The molecule has 0 aromatic heterocycles. The number of hydrogen-bond donors (Lipinski definition) is 1. The van der Waals surface area contributed by atoms with Crippen molar-refractivity contribution in [2.24, 2.45) is 0 Å². The van der Waals surface area contributed by atoms with Crippen LogP contribution in [0, 0.1) is 0 Å². The third kappa shape index (κ3) is 3.11. The zero-order valence-electron chi connectivity index (χ0n) is 10.9. The van der Waals surface area contributed by atoms with Crippen LogP contribution < -0.4 is 5.32 Å². The normalized spacial score (nSPS) is 23.2. The second-order valence-electron chi connectivity index (χ2n) is 5.48. The highest BCUT2D eigenvalue weighted by Gasteiger charge is 2.31. The Morgan fingerprint density at radius 2 is 2.11 bits per heavy atom. The maximum atomic E-state index is 12.3. The number of urea groups is 1. The molecule has 0 bridgehead atoms. The Hall–Kier alpha value is -1.03. The van der Waals surface area contributed by atoms with E-state index in [-0.39, 0.29) is 12.1 Å². The Labute approximate surface area is 122 Å². The van der Waals surface area contributed by atoms with Crippen LogP contribution in [-0.2, 0) is 0 Å². The minimum atomic E-state index is 0.118. The number of nitrogens with one attached hydrogen (secondary N) is 1. The van der Waals surface area contributed by atoms with E-state index >= 15 is 0 Å². The third-order valence-electron chi connectivity index (χ3n) is 3.90. The standard InChI is InChI=1S/C15H19BrN2O/c16-12-5-3-4-11(10-12)14-6-1-2-9-18(14)15(19)17-13-7-8-13/h3-5,10,13-14H,1-2,6-9H2,(H,17,19). The van der Waals surface area contributed by atoms with E-state index in [0.717, 1.165) is 36.7 Å². The molecule has 2 amide bonds. The Balaban J connectivity index is 1.77. The molecule has 102 valence electrons. The molecule has 0 spiro atoms. The van der Waals surface area contributed by atoms with Crippen LogP contribution in [-0.4, -0.2) is 23.5 Å². The maximum Gasteiger partial charge on any atom is 0.318 e. The van der Waals surface area contributed by atoms with Gasteiger partial charge in [0.2, 0.25) is 0 Å². The highest BCUT2D eigenvalue weighted by molar-refractivity contribution is 9.10. The predicted octanol–water partition coefficient (Wildman–Crippen LogP) is 3.85. The summed E-state index contributed by atoms with van der Waals surface area (Å²) in [5, 5.41) is 3.11. The van der Waals surface area contributed by atoms with Crippen molar-refractivity contribution >= 4 is 22.0 Å². The zero-order valence-corrected chi connectivity index (χ0v) is 12.5. The molecule has 1 aromatic rings. The number of rotatable bonds is 2. The van der Waals surface area contributed by atoms with Crippen LogP contribution in [0.5, 0.6) is 0 Å². The van der Waals surface area contributed by atoms with Crippen LogP contribution in [0.3, 0.4) is 0 Å². The van der Waals surface area contributed by atoms with Gasteiger partial charge in [-0.25, -0.2) is 4.79 Å². The Morgan fingerprint density at radius 3 is 2.84 bits per heavy atom. The van der Waals surface area contributed by atoms with Gasteiger partial charge < -0.3 is 10.2 Å². The molecule has 1 saturated heterocycles. The lowest BCUT2D eigenvalue weighted by Gasteiger charge is -2.36. The first-order valence-corrected chi connectivity index (χ1v) is 7.86. The van der Waals surface area contributed by atoms with Gasteiger partial charge in [0.05, 0.1) is 6.04 Å². The average Bonchev–Trinajstić information content (AvgIpc) is 3.23. The number of hydrogen-bond acceptors (Lipinski definition) is 1. The number of benzene rings is 1. The fraction of sp³-hybridized carbons (Fsp3) is 0.533. The number of nitrogens with zero attached hydrogens (tertiary/aromatic N) is 1. The molecule has 4 heteroatoms. The predicted molar refractivity (Wildman–Crippen MR) is 79.0 cm³/mol. The van der Waals surface area contributed by atoms with Crippen LogP contribution >= 0.6 is 15.9 Å². The van der Waals surface area contributed by atoms with Crippen LogP contribution in [0.4, 0.5) is 4.79 Å². The monoisotopic (exact) mass is 322 g/mol. The molecule has 1 aromatic carbocycles. The van der Waals surface area contributed by atoms with Gasteiger partial charge in [0.15, 0.2) is 0 Å². The van der Waals surface area contributed by atoms with Crippen LogP contribution in [0.2, 0.25) is 0 Å². The van der Waals surface area contributed by atoms with E-state index < -0.39 is 0 Å². The summed E-state index contributed by atoms with van der Waals surface area (Å²) in [6.45, 7) is 0.871. The van der Waals surface area contributed by atoms with E-state index in [1.165, 1.54) is 12.0 Å². The van der Waals surface area contributed by atoms with Crippen molar-refractivity contribution in [2.45, 2.75) is 44.2 Å². The molecule has 19 heavy (non-hydrogen) atoms. The Morgan fingerprint density at radius 1 is 1.26 bits per heavy atom. The Kier molecular flexibility index (Phi) is 3.78. The molecule has 1 atom stereocenters. The minimum Gasteiger partial charge on any atom is -0.335 e. The summed E-state index contributed by atoms with van der Waals surface area (Å²) in [5.41, 5.74) is 1.24. The molecule has 1 heterocycles. The fourth-order valence-electron chi connectivity index (χ4n) is 2.72. The summed E-state index contributed by atoms with van der Waals surface area (Å²) in [5.74, 6) is 0. The number of halogens is 1. The van der Waals surface area contributed by atoms with Crippen LogP contribution in [0.15, 0.2) is 28.7 Å². The van der Waals surface area contributed by atoms with E-state index in [1.807, 2.05) is 17.0 Å². The van der Waals surface area contributed by atoms with E-state index in [2.05, 4.69) is 33.4 Å². The quantitative estimate of drug-likeness (QED) is 0.881. The molecule has 2 aliphatic rings. The molecule has 1 aliphatic heterocycles. The first-order chi connectivity index (χ1) is 9.24. The van der Waals surface area contributed by atoms with Crippen molar-refractivity contribution in [3.05, 3.63) is 34.3 Å².